The summed E-state index contributed by atoms with van der Waals surface area (Å²) in [6, 6.07) is 4.71. The van der Waals surface area contributed by atoms with Crippen molar-refractivity contribution in [3.05, 3.63) is 28.2 Å². The number of sulfonamides is 1. The molecule has 7 heteroatoms. The fourth-order valence-corrected chi connectivity index (χ4v) is 4.50. The molecule has 0 amide bonds. The summed E-state index contributed by atoms with van der Waals surface area (Å²) in [5.74, 6) is 0. The van der Waals surface area contributed by atoms with Gasteiger partial charge in [0.1, 0.15) is 0 Å². The highest BCUT2D eigenvalue weighted by atomic mass is 79.9. The van der Waals surface area contributed by atoms with Gasteiger partial charge >= 0.3 is 0 Å². The first-order valence-corrected chi connectivity index (χ1v) is 9.31. The summed E-state index contributed by atoms with van der Waals surface area (Å²) in [6.45, 7) is 1.01. The Labute approximate surface area is 133 Å². The van der Waals surface area contributed by atoms with Crippen LogP contribution in [0.25, 0.3) is 0 Å². The average Bonchev–Trinajstić information content (AvgIpc) is 2.47. The van der Waals surface area contributed by atoms with Crippen LogP contribution in [-0.4, -0.2) is 32.8 Å². The molecule has 1 aliphatic rings. The van der Waals surface area contributed by atoms with Crippen molar-refractivity contribution in [2.24, 2.45) is 0 Å². The Bertz CT molecular complexity index is 570. The van der Waals surface area contributed by atoms with Gasteiger partial charge in [-0.3, -0.25) is 0 Å². The van der Waals surface area contributed by atoms with Crippen LogP contribution in [0.5, 0.6) is 0 Å². The first-order valence-electron chi connectivity index (χ1n) is 7.03. The lowest BCUT2D eigenvalue weighted by atomic mass is 10.1. The molecular formula is C14H20BrNO4S. The molecule has 1 aliphatic heterocycles. The van der Waals surface area contributed by atoms with E-state index in [4.69, 9.17) is 9.84 Å². The second kappa shape index (κ2) is 7.69. The van der Waals surface area contributed by atoms with Crippen molar-refractivity contribution in [1.82, 2.24) is 4.72 Å². The number of nitrogens with one attached hydrogen (secondary N) is 1. The molecule has 1 unspecified atom stereocenters. The van der Waals surface area contributed by atoms with Gasteiger partial charge < -0.3 is 9.84 Å². The molecule has 0 aromatic heterocycles. The van der Waals surface area contributed by atoms with E-state index >= 15 is 0 Å². The zero-order chi connectivity index (χ0) is 15.3. The lowest BCUT2D eigenvalue weighted by Gasteiger charge is -2.22. The third kappa shape index (κ3) is 4.75. The zero-order valence-corrected chi connectivity index (χ0v) is 14.1. The van der Waals surface area contributed by atoms with Gasteiger partial charge in [0.25, 0.3) is 0 Å². The second-order valence-corrected chi connectivity index (χ2v) is 7.69. The maximum atomic E-state index is 12.2. The standard InChI is InChI=1S/C14H20BrNO4S/c15-13-9-11(10-17)4-5-14(13)21(18,19)16-7-6-12-3-1-2-8-20-12/h4-5,9,12,16-17H,1-3,6-8,10H2. The van der Waals surface area contributed by atoms with Gasteiger partial charge in [-0.15, -0.1) is 0 Å². The summed E-state index contributed by atoms with van der Waals surface area (Å²) in [4.78, 5) is 0.185. The molecule has 0 spiro atoms. The van der Waals surface area contributed by atoms with Gasteiger partial charge in [0, 0.05) is 17.6 Å². The third-order valence-electron chi connectivity index (χ3n) is 3.50. The van der Waals surface area contributed by atoms with Crippen LogP contribution in [0, 0.1) is 0 Å². The topological polar surface area (TPSA) is 75.6 Å². The van der Waals surface area contributed by atoms with E-state index in [0.29, 0.717) is 23.0 Å². The van der Waals surface area contributed by atoms with E-state index < -0.39 is 10.0 Å². The van der Waals surface area contributed by atoms with E-state index in [-0.39, 0.29) is 17.6 Å². The molecule has 1 atom stereocenters. The van der Waals surface area contributed by atoms with Crippen molar-refractivity contribution in [3.63, 3.8) is 0 Å². The van der Waals surface area contributed by atoms with Crippen LogP contribution < -0.4 is 4.72 Å². The van der Waals surface area contributed by atoms with E-state index in [2.05, 4.69) is 20.7 Å². The molecule has 0 aliphatic carbocycles. The minimum Gasteiger partial charge on any atom is -0.392 e. The Hall–Kier alpha value is -0.470. The Morgan fingerprint density at radius 1 is 1.38 bits per heavy atom. The Kier molecular flexibility index (Phi) is 6.19. The summed E-state index contributed by atoms with van der Waals surface area (Å²) in [5, 5.41) is 9.04. The van der Waals surface area contributed by atoms with Gasteiger partial charge in [-0.05, 0) is 59.3 Å². The molecule has 0 bridgehead atoms. The Morgan fingerprint density at radius 2 is 2.19 bits per heavy atom. The summed E-state index contributed by atoms with van der Waals surface area (Å²) in [5.41, 5.74) is 0.663. The van der Waals surface area contributed by atoms with E-state index in [1.165, 1.54) is 6.07 Å². The summed E-state index contributed by atoms with van der Waals surface area (Å²) in [6.07, 6.45) is 4.07. The van der Waals surface area contributed by atoms with Crippen LogP contribution in [0.3, 0.4) is 0 Å². The molecule has 1 fully saturated rings. The number of ether oxygens (including phenoxy) is 1. The van der Waals surface area contributed by atoms with Crippen molar-refractivity contribution in [2.75, 3.05) is 13.2 Å². The fraction of sp³-hybridized carbons (Fsp3) is 0.571. The van der Waals surface area contributed by atoms with Crippen molar-refractivity contribution in [3.8, 4) is 0 Å². The molecule has 118 valence electrons. The fourth-order valence-electron chi connectivity index (χ4n) is 2.33. The van der Waals surface area contributed by atoms with Gasteiger partial charge in [-0.25, -0.2) is 13.1 Å². The summed E-state index contributed by atoms with van der Waals surface area (Å²) >= 11 is 3.24. The number of aliphatic hydroxyl groups is 1. The van der Waals surface area contributed by atoms with E-state index in [9.17, 15) is 8.42 Å². The maximum Gasteiger partial charge on any atom is 0.241 e. The lowest BCUT2D eigenvalue weighted by molar-refractivity contribution is 0.0123. The molecular weight excluding hydrogens is 358 g/mol. The summed E-state index contributed by atoms with van der Waals surface area (Å²) < 4.78 is 33.1. The zero-order valence-electron chi connectivity index (χ0n) is 11.7. The summed E-state index contributed by atoms with van der Waals surface area (Å²) in [7, 11) is -3.55. The Balaban J connectivity index is 1.94. The smallest absolute Gasteiger partial charge is 0.241 e. The largest absolute Gasteiger partial charge is 0.392 e. The van der Waals surface area contributed by atoms with E-state index in [1.807, 2.05) is 0 Å². The minimum atomic E-state index is -3.55. The van der Waals surface area contributed by atoms with Gasteiger partial charge in [-0.1, -0.05) is 6.07 Å². The molecule has 0 saturated carbocycles. The molecule has 5 nitrogen and oxygen atoms in total. The number of halogens is 1. The molecule has 1 aromatic carbocycles. The van der Waals surface area contributed by atoms with E-state index in [0.717, 1.165) is 25.9 Å². The van der Waals surface area contributed by atoms with E-state index in [1.54, 1.807) is 12.1 Å². The van der Waals surface area contributed by atoms with Crippen LogP contribution in [0.2, 0.25) is 0 Å². The average molecular weight is 378 g/mol. The maximum absolute atomic E-state index is 12.2. The highest BCUT2D eigenvalue weighted by molar-refractivity contribution is 9.10. The van der Waals surface area contributed by atoms with Crippen LogP contribution in [0.1, 0.15) is 31.2 Å². The van der Waals surface area contributed by atoms with Gasteiger partial charge in [0.05, 0.1) is 17.6 Å². The van der Waals surface area contributed by atoms with Crippen molar-refractivity contribution < 1.29 is 18.3 Å². The quantitative estimate of drug-likeness (QED) is 0.796. The third-order valence-corrected chi connectivity index (χ3v) is 5.94. The number of hydrogen-bond donors (Lipinski definition) is 2. The Morgan fingerprint density at radius 3 is 2.81 bits per heavy atom. The van der Waals surface area contributed by atoms with Crippen molar-refractivity contribution in [2.45, 2.75) is 43.3 Å². The number of benzene rings is 1. The molecule has 1 aromatic rings. The molecule has 0 radical (unpaired) electrons. The highest BCUT2D eigenvalue weighted by Crippen LogP contribution is 2.23. The highest BCUT2D eigenvalue weighted by Gasteiger charge is 2.19. The van der Waals surface area contributed by atoms with Crippen molar-refractivity contribution in [1.29, 1.82) is 0 Å². The van der Waals surface area contributed by atoms with Crippen LogP contribution in [0.4, 0.5) is 0 Å². The molecule has 1 heterocycles. The molecule has 21 heavy (non-hydrogen) atoms. The van der Waals surface area contributed by atoms with Crippen molar-refractivity contribution >= 4 is 26.0 Å². The van der Waals surface area contributed by atoms with Gasteiger partial charge in [0.15, 0.2) is 0 Å². The number of rotatable bonds is 6. The first kappa shape index (κ1) is 16.9. The first-order chi connectivity index (χ1) is 10.0. The van der Waals surface area contributed by atoms with Crippen LogP contribution in [-0.2, 0) is 21.4 Å². The predicted octanol–water partition coefficient (Wildman–Crippen LogP) is 2.18. The van der Waals surface area contributed by atoms with Gasteiger partial charge in [0.2, 0.25) is 10.0 Å². The minimum absolute atomic E-state index is 0.120. The second-order valence-electron chi connectivity index (χ2n) is 5.10. The van der Waals surface area contributed by atoms with Crippen LogP contribution in [0.15, 0.2) is 27.6 Å². The monoisotopic (exact) mass is 377 g/mol. The molecule has 2 rings (SSSR count). The number of aliphatic hydroxyl groups excluding tert-OH is 1. The van der Waals surface area contributed by atoms with Crippen LogP contribution >= 0.6 is 15.9 Å². The lowest BCUT2D eigenvalue weighted by Crippen LogP contribution is -2.29. The van der Waals surface area contributed by atoms with Gasteiger partial charge in [-0.2, -0.15) is 0 Å². The SMILES string of the molecule is O=S(=O)(NCCC1CCCCO1)c1ccc(CO)cc1Br. The molecule has 2 N–H and O–H groups in total. The molecule has 1 saturated heterocycles. The number of hydrogen-bond acceptors (Lipinski definition) is 4. The normalized spacial score (nSPS) is 19.6. The predicted molar refractivity (Wildman–Crippen MR) is 83.5 cm³/mol.